The number of hydrogen-bond donors (Lipinski definition) is 1. The Hall–Kier alpha value is -2.22. The van der Waals surface area contributed by atoms with Crippen LogP contribution in [0.5, 0.6) is 0 Å². The average Bonchev–Trinajstić information content (AvgIpc) is 2.87. The lowest BCUT2D eigenvalue weighted by molar-refractivity contribution is 0.0643. The highest BCUT2D eigenvalue weighted by Gasteiger charge is 2.21. The molecule has 1 heterocycles. The van der Waals surface area contributed by atoms with Crippen molar-refractivity contribution < 1.29 is 22.8 Å². The summed E-state index contributed by atoms with van der Waals surface area (Å²) in [5, 5.41) is 12.0. The third-order valence-electron chi connectivity index (χ3n) is 2.88. The quantitative estimate of drug-likeness (QED) is 0.897. The fourth-order valence-corrected chi connectivity index (χ4v) is 2.89. The van der Waals surface area contributed by atoms with Gasteiger partial charge in [0.1, 0.15) is 5.75 Å². The van der Waals surface area contributed by atoms with Crippen LogP contribution in [-0.4, -0.2) is 29.6 Å². The minimum atomic E-state index is -3.65. The Morgan fingerprint density at radius 2 is 1.90 bits per heavy atom. The van der Waals surface area contributed by atoms with Crippen LogP contribution in [0.2, 0.25) is 0 Å². The minimum absolute atomic E-state index is 0.133. The van der Waals surface area contributed by atoms with Gasteiger partial charge in [-0.05, 0) is 23.6 Å². The number of carboxylic acid groups (broad SMARTS) is 1. The molecule has 7 nitrogen and oxygen atoms in total. The molecule has 0 radical (unpaired) electrons. The van der Waals surface area contributed by atoms with Crippen molar-refractivity contribution in [1.29, 1.82) is 0 Å². The van der Waals surface area contributed by atoms with Gasteiger partial charge in [-0.15, -0.1) is 0 Å². The molecule has 0 fully saturated rings. The van der Waals surface area contributed by atoms with E-state index in [4.69, 9.17) is 5.11 Å². The summed E-state index contributed by atoms with van der Waals surface area (Å²) in [6.45, 7) is 4.02. The Kier molecular flexibility index (Phi) is 4.08. The van der Waals surface area contributed by atoms with Crippen LogP contribution in [0, 0.1) is 0 Å². The van der Waals surface area contributed by atoms with Gasteiger partial charge in [-0.1, -0.05) is 31.1 Å². The minimum Gasteiger partial charge on any atom is -0.474 e. The topological polar surface area (TPSA) is 110 Å². The Balaban J connectivity index is 2.22. The molecule has 0 bridgehead atoms. The van der Waals surface area contributed by atoms with E-state index in [9.17, 15) is 13.2 Å². The molecular formula is C13H14N2O5S. The van der Waals surface area contributed by atoms with Crippen LogP contribution in [0.1, 0.15) is 41.8 Å². The van der Waals surface area contributed by atoms with Crippen LogP contribution >= 0.6 is 0 Å². The fourth-order valence-electron chi connectivity index (χ4n) is 1.71. The Morgan fingerprint density at radius 1 is 1.29 bits per heavy atom. The summed E-state index contributed by atoms with van der Waals surface area (Å²) in [5.41, 5.74) is 1.03. The molecule has 0 saturated carbocycles. The first-order valence-electron chi connectivity index (χ1n) is 6.18. The molecule has 2 aromatic rings. The van der Waals surface area contributed by atoms with Crippen molar-refractivity contribution in [3.8, 4) is 0 Å². The molecule has 0 aliphatic rings. The van der Waals surface area contributed by atoms with Gasteiger partial charge in [0.05, 0.1) is 4.90 Å². The van der Waals surface area contributed by atoms with Crippen LogP contribution in [0.3, 0.4) is 0 Å². The molecule has 21 heavy (non-hydrogen) atoms. The number of benzene rings is 1. The van der Waals surface area contributed by atoms with Gasteiger partial charge in [-0.2, -0.15) is 4.98 Å². The molecule has 1 N–H and O–H groups in total. The molecule has 0 saturated heterocycles. The van der Waals surface area contributed by atoms with E-state index < -0.39 is 27.5 Å². The smallest absolute Gasteiger partial charge is 0.394 e. The predicted octanol–water partition coefficient (Wildman–Crippen LogP) is 1.87. The van der Waals surface area contributed by atoms with Crippen molar-refractivity contribution >= 4 is 15.8 Å². The van der Waals surface area contributed by atoms with Gasteiger partial charge in [0.15, 0.2) is 15.7 Å². The molecule has 8 heteroatoms. The van der Waals surface area contributed by atoms with Crippen LogP contribution in [-0.2, 0) is 15.6 Å². The standard InChI is InChI=1S/C13H14N2O5S/c1-8(2)9-3-5-10(6-4-9)21(18,19)7-11-14-12(13(16)17)20-15-11/h3-6,8H,7H2,1-2H3,(H,16,17). The number of carboxylic acids is 1. The van der Waals surface area contributed by atoms with E-state index >= 15 is 0 Å². The highest BCUT2D eigenvalue weighted by atomic mass is 32.2. The second-order valence-corrected chi connectivity index (χ2v) is 6.79. The van der Waals surface area contributed by atoms with Gasteiger partial charge in [0.25, 0.3) is 0 Å². The van der Waals surface area contributed by atoms with Gasteiger partial charge in [-0.25, -0.2) is 13.2 Å². The molecule has 0 aliphatic carbocycles. The summed E-state index contributed by atoms with van der Waals surface area (Å²) in [6, 6.07) is 6.53. The van der Waals surface area contributed by atoms with Crippen LogP contribution in [0.4, 0.5) is 0 Å². The zero-order valence-electron chi connectivity index (χ0n) is 11.5. The lowest BCUT2D eigenvalue weighted by Gasteiger charge is -2.06. The summed E-state index contributed by atoms with van der Waals surface area (Å²) in [5.74, 6) is -2.41. The Bertz CT molecular complexity index is 747. The summed E-state index contributed by atoms with van der Waals surface area (Å²) in [4.78, 5) is 14.2. The molecule has 0 unspecified atom stereocenters. The van der Waals surface area contributed by atoms with E-state index in [0.717, 1.165) is 5.56 Å². The molecule has 2 rings (SSSR count). The number of aromatic carboxylic acids is 1. The van der Waals surface area contributed by atoms with Gasteiger partial charge >= 0.3 is 11.9 Å². The molecule has 0 aliphatic heterocycles. The van der Waals surface area contributed by atoms with Crippen LogP contribution < -0.4 is 0 Å². The molecule has 0 spiro atoms. The third-order valence-corrected chi connectivity index (χ3v) is 4.50. The van der Waals surface area contributed by atoms with Crippen molar-refractivity contribution in [1.82, 2.24) is 10.1 Å². The number of carbonyl (C=O) groups is 1. The lowest BCUT2D eigenvalue weighted by Crippen LogP contribution is -2.07. The highest BCUT2D eigenvalue weighted by molar-refractivity contribution is 7.90. The first-order valence-corrected chi connectivity index (χ1v) is 7.83. The summed E-state index contributed by atoms with van der Waals surface area (Å²) < 4.78 is 28.8. The average molecular weight is 310 g/mol. The number of rotatable bonds is 5. The molecule has 1 aromatic carbocycles. The van der Waals surface area contributed by atoms with E-state index in [2.05, 4.69) is 14.7 Å². The lowest BCUT2D eigenvalue weighted by atomic mass is 10.0. The van der Waals surface area contributed by atoms with E-state index in [1.54, 1.807) is 12.1 Å². The van der Waals surface area contributed by atoms with Crippen LogP contribution in [0.25, 0.3) is 0 Å². The molecule has 0 atom stereocenters. The summed E-state index contributed by atoms with van der Waals surface area (Å²) in [7, 11) is -3.65. The van der Waals surface area contributed by atoms with E-state index in [-0.39, 0.29) is 10.7 Å². The van der Waals surface area contributed by atoms with Gasteiger partial charge in [0, 0.05) is 0 Å². The SMILES string of the molecule is CC(C)c1ccc(S(=O)(=O)Cc2noc(C(=O)O)n2)cc1. The monoisotopic (exact) mass is 310 g/mol. The van der Waals surface area contributed by atoms with Crippen LogP contribution in [0.15, 0.2) is 33.7 Å². The maximum absolute atomic E-state index is 12.2. The zero-order valence-corrected chi connectivity index (χ0v) is 12.3. The summed E-state index contributed by atoms with van der Waals surface area (Å²) >= 11 is 0. The second kappa shape index (κ2) is 5.65. The number of nitrogens with zero attached hydrogens (tertiary/aromatic N) is 2. The first-order chi connectivity index (χ1) is 9.79. The fraction of sp³-hybridized carbons (Fsp3) is 0.308. The largest absolute Gasteiger partial charge is 0.474 e. The van der Waals surface area contributed by atoms with Gasteiger partial charge < -0.3 is 9.63 Å². The molecule has 112 valence electrons. The van der Waals surface area contributed by atoms with Gasteiger partial charge in [0.2, 0.25) is 0 Å². The Morgan fingerprint density at radius 3 is 2.38 bits per heavy atom. The maximum Gasteiger partial charge on any atom is 0.394 e. The predicted molar refractivity (Wildman–Crippen MR) is 72.7 cm³/mol. The Labute approximate surface area is 121 Å². The number of hydrogen-bond acceptors (Lipinski definition) is 6. The maximum atomic E-state index is 12.2. The van der Waals surface area contributed by atoms with E-state index in [1.807, 2.05) is 13.8 Å². The number of aromatic nitrogens is 2. The van der Waals surface area contributed by atoms with Crippen molar-refractivity contribution in [2.24, 2.45) is 0 Å². The zero-order chi connectivity index (χ0) is 15.6. The normalized spacial score (nSPS) is 11.8. The van der Waals surface area contributed by atoms with E-state index in [1.165, 1.54) is 12.1 Å². The molecule has 0 amide bonds. The highest BCUT2D eigenvalue weighted by Crippen LogP contribution is 2.19. The van der Waals surface area contributed by atoms with Crippen molar-refractivity contribution in [2.75, 3.05) is 0 Å². The van der Waals surface area contributed by atoms with Crippen molar-refractivity contribution in [3.05, 3.63) is 41.5 Å². The van der Waals surface area contributed by atoms with E-state index in [0.29, 0.717) is 5.92 Å². The summed E-state index contributed by atoms with van der Waals surface area (Å²) in [6.07, 6.45) is 0. The molecule has 1 aromatic heterocycles. The number of sulfone groups is 1. The van der Waals surface area contributed by atoms with Crippen molar-refractivity contribution in [2.45, 2.75) is 30.4 Å². The van der Waals surface area contributed by atoms with Crippen molar-refractivity contribution in [3.63, 3.8) is 0 Å². The third kappa shape index (κ3) is 3.46. The second-order valence-electron chi connectivity index (χ2n) is 4.80. The first kappa shape index (κ1) is 15.2. The molecular weight excluding hydrogens is 296 g/mol. The van der Waals surface area contributed by atoms with Gasteiger partial charge in [-0.3, -0.25) is 0 Å².